The molecule has 84 valence electrons. The first-order valence-corrected chi connectivity index (χ1v) is 5.46. The first-order chi connectivity index (χ1) is 7.81. The Morgan fingerprint density at radius 2 is 2.19 bits per heavy atom. The van der Waals surface area contributed by atoms with Gasteiger partial charge in [-0.15, -0.1) is 0 Å². The Balaban J connectivity index is 2.13. The number of ether oxygens (including phenoxy) is 1. The summed E-state index contributed by atoms with van der Waals surface area (Å²) in [6.07, 6.45) is 5.03. The van der Waals surface area contributed by atoms with Crippen molar-refractivity contribution < 1.29 is 4.74 Å². The maximum atomic E-state index is 5.19. The standard InChI is InChI=1S/C13H16N2O/c1-3-11-8-14-15(9-11)10-12-5-4-6-13(7-12)16-2/h4-9H,3,10H2,1-2H3. The van der Waals surface area contributed by atoms with E-state index in [9.17, 15) is 0 Å². The quantitative estimate of drug-likeness (QED) is 0.785. The fourth-order valence-corrected chi connectivity index (χ4v) is 1.63. The van der Waals surface area contributed by atoms with Crippen LogP contribution in [-0.4, -0.2) is 16.9 Å². The molecule has 16 heavy (non-hydrogen) atoms. The number of hydrogen-bond acceptors (Lipinski definition) is 2. The third kappa shape index (κ3) is 2.42. The Morgan fingerprint density at radius 3 is 2.88 bits per heavy atom. The van der Waals surface area contributed by atoms with Crippen LogP contribution in [0.4, 0.5) is 0 Å². The van der Waals surface area contributed by atoms with Gasteiger partial charge in [0.1, 0.15) is 5.75 Å². The van der Waals surface area contributed by atoms with Gasteiger partial charge in [0.2, 0.25) is 0 Å². The minimum atomic E-state index is 0.789. The van der Waals surface area contributed by atoms with Gasteiger partial charge in [0.05, 0.1) is 19.9 Å². The van der Waals surface area contributed by atoms with Gasteiger partial charge in [-0.05, 0) is 29.7 Å². The highest BCUT2D eigenvalue weighted by Gasteiger charge is 1.99. The molecule has 1 aromatic heterocycles. The highest BCUT2D eigenvalue weighted by atomic mass is 16.5. The van der Waals surface area contributed by atoms with E-state index in [0.717, 1.165) is 18.7 Å². The number of benzene rings is 1. The first kappa shape index (κ1) is 10.7. The Labute approximate surface area is 95.7 Å². The van der Waals surface area contributed by atoms with E-state index < -0.39 is 0 Å². The lowest BCUT2D eigenvalue weighted by Crippen LogP contribution is -2.00. The number of nitrogens with zero attached hydrogens (tertiary/aromatic N) is 2. The molecule has 0 spiro atoms. The van der Waals surface area contributed by atoms with E-state index >= 15 is 0 Å². The van der Waals surface area contributed by atoms with Gasteiger partial charge in [-0.1, -0.05) is 19.1 Å². The average molecular weight is 216 g/mol. The Hall–Kier alpha value is -1.77. The molecule has 0 saturated carbocycles. The van der Waals surface area contributed by atoms with Crippen LogP contribution in [0, 0.1) is 0 Å². The third-order valence-electron chi connectivity index (χ3n) is 2.57. The van der Waals surface area contributed by atoms with Crippen molar-refractivity contribution in [2.75, 3.05) is 7.11 Å². The van der Waals surface area contributed by atoms with Gasteiger partial charge >= 0.3 is 0 Å². The van der Waals surface area contributed by atoms with Crippen molar-refractivity contribution in [3.8, 4) is 5.75 Å². The molecule has 1 aromatic carbocycles. The molecule has 0 N–H and O–H groups in total. The largest absolute Gasteiger partial charge is 0.497 e. The van der Waals surface area contributed by atoms with Crippen LogP contribution < -0.4 is 4.74 Å². The van der Waals surface area contributed by atoms with Gasteiger partial charge < -0.3 is 4.74 Å². The van der Waals surface area contributed by atoms with Gasteiger partial charge in [-0.2, -0.15) is 5.10 Å². The summed E-state index contributed by atoms with van der Waals surface area (Å²) in [5, 5.41) is 4.31. The molecule has 0 aliphatic heterocycles. The van der Waals surface area contributed by atoms with Crippen LogP contribution in [0.25, 0.3) is 0 Å². The maximum absolute atomic E-state index is 5.19. The first-order valence-electron chi connectivity index (χ1n) is 5.46. The lowest BCUT2D eigenvalue weighted by atomic mass is 10.2. The molecule has 0 atom stereocenters. The van der Waals surface area contributed by atoms with E-state index in [1.165, 1.54) is 11.1 Å². The van der Waals surface area contributed by atoms with E-state index in [0.29, 0.717) is 0 Å². The summed E-state index contributed by atoms with van der Waals surface area (Å²) < 4.78 is 7.14. The van der Waals surface area contributed by atoms with Crippen LogP contribution >= 0.6 is 0 Å². The van der Waals surface area contributed by atoms with Gasteiger partial charge in [0.15, 0.2) is 0 Å². The predicted octanol–water partition coefficient (Wildman–Crippen LogP) is 2.50. The molecule has 0 bridgehead atoms. The van der Waals surface area contributed by atoms with E-state index in [1.54, 1.807) is 7.11 Å². The summed E-state index contributed by atoms with van der Waals surface area (Å²) >= 11 is 0. The van der Waals surface area contributed by atoms with E-state index in [1.807, 2.05) is 29.1 Å². The number of hydrogen-bond donors (Lipinski definition) is 0. The van der Waals surface area contributed by atoms with Crippen LogP contribution in [-0.2, 0) is 13.0 Å². The zero-order chi connectivity index (χ0) is 11.4. The maximum Gasteiger partial charge on any atom is 0.119 e. The van der Waals surface area contributed by atoms with Crippen LogP contribution in [0.1, 0.15) is 18.1 Å². The van der Waals surface area contributed by atoms with Crippen LogP contribution in [0.2, 0.25) is 0 Å². The molecule has 3 heteroatoms. The number of rotatable bonds is 4. The number of aromatic nitrogens is 2. The SMILES string of the molecule is CCc1cnn(Cc2cccc(OC)c2)c1. The van der Waals surface area contributed by atoms with Crippen LogP contribution in [0.3, 0.4) is 0 Å². The molecule has 0 radical (unpaired) electrons. The molecule has 1 heterocycles. The average Bonchev–Trinajstić information content (AvgIpc) is 2.77. The summed E-state index contributed by atoms with van der Waals surface area (Å²) in [4.78, 5) is 0. The fourth-order valence-electron chi connectivity index (χ4n) is 1.63. The van der Waals surface area contributed by atoms with Crippen molar-refractivity contribution in [1.29, 1.82) is 0 Å². The molecule has 2 rings (SSSR count). The molecule has 0 aliphatic carbocycles. The van der Waals surface area contributed by atoms with E-state index in [-0.39, 0.29) is 0 Å². The second kappa shape index (κ2) is 4.84. The van der Waals surface area contributed by atoms with Crippen LogP contribution in [0.15, 0.2) is 36.7 Å². The molecule has 0 fully saturated rings. The summed E-state index contributed by atoms with van der Waals surface area (Å²) in [6, 6.07) is 8.06. The smallest absolute Gasteiger partial charge is 0.119 e. The topological polar surface area (TPSA) is 27.1 Å². The molecule has 0 aliphatic rings. The highest BCUT2D eigenvalue weighted by molar-refractivity contribution is 5.28. The third-order valence-corrected chi connectivity index (χ3v) is 2.57. The van der Waals surface area contributed by atoms with Gasteiger partial charge in [-0.3, -0.25) is 4.68 Å². The van der Waals surface area contributed by atoms with Gasteiger partial charge in [0, 0.05) is 6.20 Å². The zero-order valence-electron chi connectivity index (χ0n) is 9.68. The molecule has 3 nitrogen and oxygen atoms in total. The minimum absolute atomic E-state index is 0.789. The molecule has 0 unspecified atom stereocenters. The van der Waals surface area contributed by atoms with E-state index in [2.05, 4.69) is 24.3 Å². The van der Waals surface area contributed by atoms with Crippen molar-refractivity contribution in [3.05, 3.63) is 47.8 Å². The molecule has 0 amide bonds. The minimum Gasteiger partial charge on any atom is -0.497 e. The second-order valence-corrected chi connectivity index (χ2v) is 3.75. The summed E-state index contributed by atoms with van der Waals surface area (Å²) in [5.74, 6) is 0.889. The fraction of sp³-hybridized carbons (Fsp3) is 0.308. The lowest BCUT2D eigenvalue weighted by molar-refractivity contribution is 0.414. The van der Waals surface area contributed by atoms with Crippen molar-refractivity contribution in [1.82, 2.24) is 9.78 Å². The molecular weight excluding hydrogens is 200 g/mol. The molecular formula is C13H16N2O. The summed E-state index contributed by atoms with van der Waals surface area (Å²) in [5.41, 5.74) is 2.47. The lowest BCUT2D eigenvalue weighted by Gasteiger charge is -2.04. The van der Waals surface area contributed by atoms with Crippen molar-refractivity contribution in [2.45, 2.75) is 19.9 Å². The van der Waals surface area contributed by atoms with Crippen molar-refractivity contribution >= 4 is 0 Å². The monoisotopic (exact) mass is 216 g/mol. The second-order valence-electron chi connectivity index (χ2n) is 3.75. The summed E-state index contributed by atoms with van der Waals surface area (Å²) in [7, 11) is 1.68. The van der Waals surface area contributed by atoms with E-state index in [4.69, 9.17) is 4.74 Å². The summed E-state index contributed by atoms with van der Waals surface area (Å²) in [6.45, 7) is 2.92. The number of aryl methyl sites for hydroxylation is 1. The zero-order valence-corrected chi connectivity index (χ0v) is 9.68. The Morgan fingerprint density at radius 1 is 1.31 bits per heavy atom. The highest BCUT2D eigenvalue weighted by Crippen LogP contribution is 2.13. The predicted molar refractivity (Wildman–Crippen MR) is 63.7 cm³/mol. The normalized spacial score (nSPS) is 10.4. The van der Waals surface area contributed by atoms with Crippen molar-refractivity contribution in [3.63, 3.8) is 0 Å². The Kier molecular flexibility index (Phi) is 3.25. The van der Waals surface area contributed by atoms with Crippen LogP contribution in [0.5, 0.6) is 5.75 Å². The van der Waals surface area contributed by atoms with Gasteiger partial charge in [0.25, 0.3) is 0 Å². The number of methoxy groups -OCH3 is 1. The van der Waals surface area contributed by atoms with Gasteiger partial charge in [-0.25, -0.2) is 0 Å². The Bertz CT molecular complexity index is 462. The molecule has 0 saturated heterocycles. The molecule has 2 aromatic rings. The van der Waals surface area contributed by atoms with Crippen molar-refractivity contribution in [2.24, 2.45) is 0 Å².